The van der Waals surface area contributed by atoms with Crippen molar-refractivity contribution in [3.63, 3.8) is 0 Å². The molecule has 0 aliphatic carbocycles. The van der Waals surface area contributed by atoms with E-state index in [2.05, 4.69) is 31.1 Å². The van der Waals surface area contributed by atoms with Crippen LogP contribution in [0.1, 0.15) is 32.0 Å². The zero-order valence-corrected chi connectivity index (χ0v) is 12.1. The molecule has 2 N–H and O–H groups in total. The van der Waals surface area contributed by atoms with Crippen molar-refractivity contribution >= 4 is 5.82 Å². The van der Waals surface area contributed by atoms with Gasteiger partial charge in [-0.05, 0) is 24.6 Å². The molecule has 0 saturated carbocycles. The Labute approximate surface area is 113 Å². The minimum Gasteiger partial charge on any atom is -0.494 e. The fourth-order valence-corrected chi connectivity index (χ4v) is 2.13. The standard InChI is InChI=1S/C14H20N4O/c1-9-6-7-11(19-5)10(8-9)18-12(14(2,3)4)13(15)16-17-18/h6-8H,15H2,1-5H3. The molecule has 0 bridgehead atoms. The van der Waals surface area contributed by atoms with Crippen LogP contribution in [0.25, 0.3) is 5.69 Å². The van der Waals surface area contributed by atoms with Gasteiger partial charge < -0.3 is 10.5 Å². The molecule has 0 atom stereocenters. The molecule has 0 radical (unpaired) electrons. The zero-order valence-electron chi connectivity index (χ0n) is 12.1. The summed E-state index contributed by atoms with van der Waals surface area (Å²) in [5.41, 5.74) is 8.68. The SMILES string of the molecule is COc1ccc(C)cc1-n1nnc(N)c1C(C)(C)C. The highest BCUT2D eigenvalue weighted by Gasteiger charge is 2.26. The lowest BCUT2D eigenvalue weighted by atomic mass is 9.91. The first-order valence-corrected chi connectivity index (χ1v) is 6.21. The van der Waals surface area contributed by atoms with Crippen molar-refractivity contribution in [3.05, 3.63) is 29.5 Å². The van der Waals surface area contributed by atoms with Crippen LogP contribution in [-0.2, 0) is 5.41 Å². The second-order valence-corrected chi connectivity index (χ2v) is 5.66. The van der Waals surface area contributed by atoms with Crippen molar-refractivity contribution in [2.24, 2.45) is 0 Å². The molecular weight excluding hydrogens is 240 g/mol. The Kier molecular flexibility index (Phi) is 3.22. The van der Waals surface area contributed by atoms with E-state index in [1.807, 2.05) is 25.1 Å². The van der Waals surface area contributed by atoms with Gasteiger partial charge in [-0.3, -0.25) is 0 Å². The van der Waals surface area contributed by atoms with Gasteiger partial charge in [0.05, 0.1) is 12.8 Å². The molecule has 0 saturated heterocycles. The number of nitrogens with zero attached hydrogens (tertiary/aromatic N) is 3. The van der Waals surface area contributed by atoms with E-state index in [1.165, 1.54) is 0 Å². The van der Waals surface area contributed by atoms with E-state index < -0.39 is 0 Å². The van der Waals surface area contributed by atoms with Gasteiger partial charge in [0.2, 0.25) is 0 Å². The second kappa shape index (κ2) is 4.57. The van der Waals surface area contributed by atoms with E-state index in [0.717, 1.165) is 22.7 Å². The number of methoxy groups -OCH3 is 1. The maximum Gasteiger partial charge on any atom is 0.170 e. The Balaban J connectivity index is 2.70. The van der Waals surface area contributed by atoms with Crippen LogP contribution in [-0.4, -0.2) is 22.1 Å². The number of benzene rings is 1. The average molecular weight is 260 g/mol. The van der Waals surface area contributed by atoms with Crippen molar-refractivity contribution in [1.82, 2.24) is 15.0 Å². The number of aryl methyl sites for hydroxylation is 1. The average Bonchev–Trinajstić information content (AvgIpc) is 2.70. The van der Waals surface area contributed by atoms with Gasteiger partial charge in [-0.15, -0.1) is 5.10 Å². The number of aromatic nitrogens is 3. The fourth-order valence-electron chi connectivity index (χ4n) is 2.13. The number of rotatable bonds is 2. The lowest BCUT2D eigenvalue weighted by Crippen LogP contribution is -2.19. The normalized spacial score (nSPS) is 11.6. The number of nitrogen functional groups attached to an aromatic ring is 1. The van der Waals surface area contributed by atoms with Crippen molar-refractivity contribution in [2.75, 3.05) is 12.8 Å². The van der Waals surface area contributed by atoms with Crippen LogP contribution in [0.5, 0.6) is 5.75 Å². The van der Waals surface area contributed by atoms with E-state index >= 15 is 0 Å². The topological polar surface area (TPSA) is 66.0 Å². The molecule has 2 aromatic rings. The monoisotopic (exact) mass is 260 g/mol. The van der Waals surface area contributed by atoms with Crippen LogP contribution in [0.15, 0.2) is 18.2 Å². The van der Waals surface area contributed by atoms with Crippen molar-refractivity contribution < 1.29 is 4.74 Å². The summed E-state index contributed by atoms with van der Waals surface area (Å²) >= 11 is 0. The van der Waals surface area contributed by atoms with Crippen LogP contribution in [0.4, 0.5) is 5.82 Å². The quantitative estimate of drug-likeness (QED) is 0.900. The predicted molar refractivity (Wildman–Crippen MR) is 75.8 cm³/mol. The first kappa shape index (κ1) is 13.4. The molecule has 1 heterocycles. The van der Waals surface area contributed by atoms with Gasteiger partial charge in [-0.1, -0.05) is 32.1 Å². The summed E-state index contributed by atoms with van der Waals surface area (Å²) in [5, 5.41) is 8.16. The zero-order chi connectivity index (χ0) is 14.2. The fraction of sp³-hybridized carbons (Fsp3) is 0.429. The minimum atomic E-state index is -0.150. The number of anilines is 1. The van der Waals surface area contributed by atoms with Crippen LogP contribution < -0.4 is 10.5 Å². The van der Waals surface area contributed by atoms with Gasteiger partial charge in [0, 0.05) is 5.41 Å². The van der Waals surface area contributed by atoms with Gasteiger partial charge in [-0.2, -0.15) is 0 Å². The van der Waals surface area contributed by atoms with Crippen LogP contribution in [0, 0.1) is 6.92 Å². The van der Waals surface area contributed by atoms with Gasteiger partial charge in [0.15, 0.2) is 5.82 Å². The Hall–Kier alpha value is -2.04. The largest absolute Gasteiger partial charge is 0.494 e. The lowest BCUT2D eigenvalue weighted by Gasteiger charge is -2.21. The van der Waals surface area contributed by atoms with Gasteiger partial charge in [0.25, 0.3) is 0 Å². The molecule has 0 aliphatic rings. The Morgan fingerprint density at radius 2 is 1.95 bits per heavy atom. The molecule has 5 nitrogen and oxygen atoms in total. The third kappa shape index (κ3) is 2.41. The molecule has 1 aromatic carbocycles. The maximum absolute atomic E-state index is 5.96. The molecule has 0 spiro atoms. The number of nitrogens with two attached hydrogens (primary N) is 1. The van der Waals surface area contributed by atoms with Gasteiger partial charge >= 0.3 is 0 Å². The molecule has 1 aromatic heterocycles. The summed E-state index contributed by atoms with van der Waals surface area (Å²) in [5.74, 6) is 1.21. The molecule has 0 fully saturated rings. The van der Waals surface area contributed by atoms with E-state index in [9.17, 15) is 0 Å². The van der Waals surface area contributed by atoms with Crippen LogP contribution in [0.2, 0.25) is 0 Å². The summed E-state index contributed by atoms with van der Waals surface area (Å²) in [6.07, 6.45) is 0. The van der Waals surface area contributed by atoms with Gasteiger partial charge in [0.1, 0.15) is 11.4 Å². The first-order valence-electron chi connectivity index (χ1n) is 6.21. The number of hydrogen-bond donors (Lipinski definition) is 1. The molecule has 5 heteroatoms. The third-order valence-electron chi connectivity index (χ3n) is 2.97. The molecule has 2 rings (SSSR count). The highest BCUT2D eigenvalue weighted by Crippen LogP contribution is 2.32. The molecule has 0 unspecified atom stereocenters. The van der Waals surface area contributed by atoms with E-state index in [-0.39, 0.29) is 5.41 Å². The second-order valence-electron chi connectivity index (χ2n) is 5.66. The van der Waals surface area contributed by atoms with Crippen LogP contribution in [0.3, 0.4) is 0 Å². The summed E-state index contributed by atoms with van der Waals surface area (Å²) in [6, 6.07) is 5.94. The Morgan fingerprint density at radius 1 is 1.26 bits per heavy atom. The van der Waals surface area contributed by atoms with Crippen molar-refractivity contribution in [2.45, 2.75) is 33.1 Å². The Bertz CT molecular complexity index is 596. The van der Waals surface area contributed by atoms with Crippen molar-refractivity contribution in [3.8, 4) is 11.4 Å². The third-order valence-corrected chi connectivity index (χ3v) is 2.97. The molecule has 102 valence electrons. The van der Waals surface area contributed by atoms with Gasteiger partial charge in [-0.25, -0.2) is 4.68 Å². The molecule has 19 heavy (non-hydrogen) atoms. The molecule has 0 amide bonds. The number of hydrogen-bond acceptors (Lipinski definition) is 4. The smallest absolute Gasteiger partial charge is 0.170 e. The minimum absolute atomic E-state index is 0.150. The van der Waals surface area contributed by atoms with E-state index in [1.54, 1.807) is 11.8 Å². The summed E-state index contributed by atoms with van der Waals surface area (Å²) in [6.45, 7) is 8.28. The first-order chi connectivity index (χ1) is 8.84. The lowest BCUT2D eigenvalue weighted by molar-refractivity contribution is 0.409. The highest BCUT2D eigenvalue weighted by molar-refractivity contribution is 5.52. The Morgan fingerprint density at radius 3 is 2.53 bits per heavy atom. The summed E-state index contributed by atoms with van der Waals surface area (Å²) in [4.78, 5) is 0. The molecular formula is C14H20N4O. The van der Waals surface area contributed by atoms with E-state index in [0.29, 0.717) is 5.82 Å². The maximum atomic E-state index is 5.96. The summed E-state index contributed by atoms with van der Waals surface area (Å²) < 4.78 is 7.17. The van der Waals surface area contributed by atoms with Crippen molar-refractivity contribution in [1.29, 1.82) is 0 Å². The summed E-state index contributed by atoms with van der Waals surface area (Å²) in [7, 11) is 1.64. The van der Waals surface area contributed by atoms with Crippen LogP contribution >= 0.6 is 0 Å². The number of ether oxygens (including phenoxy) is 1. The molecule has 0 aliphatic heterocycles. The predicted octanol–water partition coefficient (Wildman–Crippen LogP) is 2.46. The highest BCUT2D eigenvalue weighted by atomic mass is 16.5. The van der Waals surface area contributed by atoms with E-state index in [4.69, 9.17) is 10.5 Å².